The van der Waals surface area contributed by atoms with Crippen LogP contribution in [0.3, 0.4) is 0 Å². The Hall–Kier alpha value is -5.40. The van der Waals surface area contributed by atoms with Crippen molar-refractivity contribution >= 4 is 27.8 Å². The fraction of sp³-hybridized carbons (Fsp3) is 0.286. The molecular weight excluding hydrogens is 687 g/mol. The van der Waals surface area contributed by atoms with E-state index >= 15 is 0 Å². The Morgan fingerprint density at radius 2 is 0.930 bits per heavy atom. The van der Waals surface area contributed by atoms with Gasteiger partial charge in [0.15, 0.2) is 0 Å². The van der Waals surface area contributed by atoms with Crippen molar-refractivity contribution in [2.24, 2.45) is 23.7 Å². The van der Waals surface area contributed by atoms with Crippen molar-refractivity contribution in [3.05, 3.63) is 174 Å². The average molecular weight is 736 g/mol. The average Bonchev–Trinajstić information content (AvgIpc) is 3.69. The Morgan fingerprint density at radius 3 is 1.65 bits per heavy atom. The molecule has 2 spiro atoms. The zero-order chi connectivity index (χ0) is 37.3. The van der Waals surface area contributed by atoms with Gasteiger partial charge in [0.05, 0.1) is 0 Å². The van der Waals surface area contributed by atoms with Crippen LogP contribution in [-0.4, -0.2) is 0 Å². The predicted molar refractivity (Wildman–Crippen MR) is 237 cm³/mol. The molecule has 0 amide bonds. The highest BCUT2D eigenvalue weighted by atomic mass is 15.1. The van der Waals surface area contributed by atoms with Crippen LogP contribution >= 0.6 is 0 Å². The fourth-order valence-corrected chi connectivity index (χ4v) is 14.2. The number of benzene rings is 7. The van der Waals surface area contributed by atoms with E-state index in [4.69, 9.17) is 0 Å². The normalized spacial score (nSPS) is 25.4. The molecular formula is C56H49N. The van der Waals surface area contributed by atoms with Crippen LogP contribution in [0.25, 0.3) is 44.2 Å². The van der Waals surface area contributed by atoms with Crippen molar-refractivity contribution in [2.75, 3.05) is 4.90 Å². The maximum Gasteiger partial charge on any atom is 0.0465 e. The SMILES string of the molecule is c1ccc2c(c1)-c1ccc(N(c3ccc(-c4ccc5ccccc5c4)cc3)c3ccc4c(c3)C3(c5ccccc5-4)C4CC5CC(C4)CC3C5)cc1C21CCCCC1. The molecule has 7 aromatic carbocycles. The minimum absolute atomic E-state index is 0.107. The maximum absolute atomic E-state index is 2.67. The molecule has 7 aliphatic rings. The summed E-state index contributed by atoms with van der Waals surface area (Å²) in [6, 6.07) is 59.0. The molecule has 4 bridgehead atoms. The summed E-state index contributed by atoms with van der Waals surface area (Å²) in [5.41, 5.74) is 18.8. The lowest BCUT2D eigenvalue weighted by atomic mass is 9.43. The molecule has 0 atom stereocenters. The fourth-order valence-electron chi connectivity index (χ4n) is 14.2. The number of nitrogens with zero attached hydrogens (tertiary/aromatic N) is 1. The Balaban J connectivity index is 0.994. The van der Waals surface area contributed by atoms with E-state index in [0.29, 0.717) is 0 Å². The smallest absolute Gasteiger partial charge is 0.0465 e. The highest BCUT2D eigenvalue weighted by molar-refractivity contribution is 5.90. The molecule has 0 saturated heterocycles. The molecule has 0 aromatic heterocycles. The molecule has 0 N–H and O–H groups in total. The van der Waals surface area contributed by atoms with E-state index in [-0.39, 0.29) is 10.8 Å². The molecule has 0 heterocycles. The zero-order valence-electron chi connectivity index (χ0n) is 32.8. The van der Waals surface area contributed by atoms with Gasteiger partial charge in [0.25, 0.3) is 0 Å². The summed E-state index contributed by atoms with van der Waals surface area (Å²) < 4.78 is 0. The van der Waals surface area contributed by atoms with Crippen LogP contribution in [0.2, 0.25) is 0 Å². The van der Waals surface area contributed by atoms with Gasteiger partial charge in [-0.3, -0.25) is 0 Å². The Morgan fingerprint density at radius 1 is 0.386 bits per heavy atom. The molecule has 0 aliphatic heterocycles. The van der Waals surface area contributed by atoms with Crippen molar-refractivity contribution in [3.63, 3.8) is 0 Å². The lowest BCUT2D eigenvalue weighted by Gasteiger charge is -2.61. The third-order valence-corrected chi connectivity index (χ3v) is 16.2. The molecule has 7 aliphatic carbocycles. The zero-order valence-corrected chi connectivity index (χ0v) is 32.8. The largest absolute Gasteiger partial charge is 0.310 e. The van der Waals surface area contributed by atoms with Gasteiger partial charge < -0.3 is 4.90 Å². The molecule has 5 fully saturated rings. The summed E-state index contributed by atoms with van der Waals surface area (Å²) in [5.74, 6) is 3.34. The van der Waals surface area contributed by atoms with Gasteiger partial charge in [-0.15, -0.1) is 0 Å². The Bertz CT molecular complexity index is 2720. The van der Waals surface area contributed by atoms with Crippen molar-refractivity contribution in [1.82, 2.24) is 0 Å². The van der Waals surface area contributed by atoms with Gasteiger partial charge in [-0.25, -0.2) is 0 Å². The van der Waals surface area contributed by atoms with Crippen molar-refractivity contribution in [1.29, 1.82) is 0 Å². The van der Waals surface area contributed by atoms with Crippen LogP contribution in [0.5, 0.6) is 0 Å². The number of rotatable bonds is 4. The van der Waals surface area contributed by atoms with E-state index in [0.717, 1.165) is 23.7 Å². The van der Waals surface area contributed by atoms with E-state index in [1.54, 1.807) is 22.3 Å². The molecule has 1 nitrogen and oxygen atoms in total. The minimum Gasteiger partial charge on any atom is -0.310 e. The first-order chi connectivity index (χ1) is 28.2. The summed E-state index contributed by atoms with van der Waals surface area (Å²) in [6.07, 6.45) is 13.5. The first-order valence-corrected chi connectivity index (χ1v) is 22.1. The lowest BCUT2D eigenvalue weighted by Crippen LogP contribution is -2.55. The van der Waals surface area contributed by atoms with Crippen LogP contribution in [0.1, 0.15) is 86.5 Å². The number of hydrogen-bond acceptors (Lipinski definition) is 1. The van der Waals surface area contributed by atoms with E-state index in [1.807, 2.05) is 0 Å². The molecule has 0 radical (unpaired) electrons. The predicted octanol–water partition coefficient (Wildman–Crippen LogP) is 14.9. The van der Waals surface area contributed by atoms with Crippen LogP contribution in [0.4, 0.5) is 17.1 Å². The second-order valence-corrected chi connectivity index (χ2v) is 18.8. The first-order valence-electron chi connectivity index (χ1n) is 22.1. The second kappa shape index (κ2) is 12.1. The van der Waals surface area contributed by atoms with Gasteiger partial charge in [0.2, 0.25) is 0 Å². The lowest BCUT2D eigenvalue weighted by molar-refractivity contribution is -0.0399. The van der Waals surface area contributed by atoms with Crippen LogP contribution in [0, 0.1) is 23.7 Å². The third kappa shape index (κ3) is 4.52. The summed E-state index contributed by atoms with van der Waals surface area (Å²) in [7, 11) is 0. The van der Waals surface area contributed by atoms with Crippen molar-refractivity contribution in [3.8, 4) is 33.4 Å². The Kier molecular flexibility index (Phi) is 6.91. The van der Waals surface area contributed by atoms with Crippen molar-refractivity contribution < 1.29 is 0 Å². The molecule has 14 rings (SSSR count). The summed E-state index contributed by atoms with van der Waals surface area (Å²) in [6.45, 7) is 0. The highest BCUT2D eigenvalue weighted by Gasteiger charge is 2.61. The summed E-state index contributed by atoms with van der Waals surface area (Å²) >= 11 is 0. The van der Waals surface area contributed by atoms with Crippen LogP contribution in [-0.2, 0) is 10.8 Å². The summed E-state index contributed by atoms with van der Waals surface area (Å²) in [5, 5.41) is 2.57. The Labute approximate surface area is 337 Å². The van der Waals surface area contributed by atoms with E-state index in [1.165, 1.54) is 125 Å². The highest BCUT2D eigenvalue weighted by Crippen LogP contribution is 2.69. The quantitative estimate of drug-likeness (QED) is 0.174. The molecule has 7 aromatic rings. The van der Waals surface area contributed by atoms with Crippen LogP contribution in [0.15, 0.2) is 152 Å². The molecule has 278 valence electrons. The third-order valence-electron chi connectivity index (χ3n) is 16.2. The standard InChI is InChI=1S/C56H49N/c1-8-26-55(27-9-1)51-14-6-4-12-47(51)49-24-22-45(34-53(49)55)57(44-20-18-39(19-21-44)41-17-16-38-10-2-3-11-40(38)33-41)46-23-25-50-48-13-5-7-15-52(48)56(54(50)35-46)42-29-36-28-37(31-42)32-43(56)30-36/h2-7,10-25,33-37,42-43H,1,8-9,26-32H2. The van der Waals surface area contributed by atoms with E-state index in [9.17, 15) is 0 Å². The monoisotopic (exact) mass is 735 g/mol. The number of hydrogen-bond donors (Lipinski definition) is 0. The van der Waals surface area contributed by atoms with Gasteiger partial charge in [-0.05, 0) is 177 Å². The molecule has 5 saturated carbocycles. The van der Waals surface area contributed by atoms with Gasteiger partial charge in [-0.2, -0.15) is 0 Å². The molecule has 1 heteroatoms. The number of fused-ring (bicyclic) bond motifs is 9. The van der Waals surface area contributed by atoms with Gasteiger partial charge in [0, 0.05) is 27.9 Å². The van der Waals surface area contributed by atoms with E-state index < -0.39 is 0 Å². The summed E-state index contributed by atoms with van der Waals surface area (Å²) in [4.78, 5) is 2.61. The molecule has 0 unspecified atom stereocenters. The molecule has 57 heavy (non-hydrogen) atoms. The van der Waals surface area contributed by atoms with Crippen LogP contribution < -0.4 is 4.90 Å². The van der Waals surface area contributed by atoms with Crippen molar-refractivity contribution in [2.45, 2.75) is 75.0 Å². The topological polar surface area (TPSA) is 3.24 Å². The minimum atomic E-state index is 0.107. The first kappa shape index (κ1) is 32.7. The van der Waals surface area contributed by atoms with E-state index in [2.05, 4.69) is 157 Å². The van der Waals surface area contributed by atoms with Gasteiger partial charge in [-0.1, -0.05) is 128 Å². The maximum atomic E-state index is 2.67. The number of anilines is 3. The van der Waals surface area contributed by atoms with Gasteiger partial charge in [0.1, 0.15) is 0 Å². The van der Waals surface area contributed by atoms with Gasteiger partial charge >= 0.3 is 0 Å². The second-order valence-electron chi connectivity index (χ2n) is 18.8.